The summed E-state index contributed by atoms with van der Waals surface area (Å²) in [5, 5.41) is 14.8. The Morgan fingerprint density at radius 1 is 1.19 bits per heavy atom. The second-order valence-corrected chi connectivity index (χ2v) is 9.54. The van der Waals surface area contributed by atoms with Crippen LogP contribution in [0.15, 0.2) is 53.1 Å². The van der Waals surface area contributed by atoms with Gasteiger partial charge in [-0.15, -0.1) is 0 Å². The predicted octanol–water partition coefficient (Wildman–Crippen LogP) is 5.13. The normalized spacial score (nSPS) is 12.6. The lowest BCUT2D eigenvalue weighted by Gasteiger charge is -2.22. The molecule has 1 unspecified atom stereocenters. The van der Waals surface area contributed by atoms with Crippen LogP contribution in [0, 0.1) is 0 Å². The van der Waals surface area contributed by atoms with Crippen molar-refractivity contribution in [2.75, 3.05) is 6.61 Å². The van der Waals surface area contributed by atoms with E-state index in [4.69, 9.17) is 9.84 Å². The molecule has 1 aromatic carbocycles. The van der Waals surface area contributed by atoms with E-state index in [9.17, 15) is 9.90 Å². The first kappa shape index (κ1) is 24.1. The third-order valence-corrected chi connectivity index (χ3v) is 5.60. The van der Waals surface area contributed by atoms with Gasteiger partial charge in [0.1, 0.15) is 11.3 Å². The van der Waals surface area contributed by atoms with Gasteiger partial charge in [-0.3, -0.25) is 14.5 Å². The van der Waals surface area contributed by atoms with Crippen LogP contribution < -0.4 is 0 Å². The van der Waals surface area contributed by atoms with Gasteiger partial charge < -0.3 is 9.84 Å². The van der Waals surface area contributed by atoms with Gasteiger partial charge in [0.2, 0.25) is 0 Å². The minimum Gasteiger partial charge on any atom is -0.460 e. The smallest absolute Gasteiger partial charge is 0.312 e. The first-order chi connectivity index (χ1) is 15.2. The van der Waals surface area contributed by atoms with Crippen molar-refractivity contribution in [1.82, 2.24) is 14.8 Å². The molecule has 0 aliphatic carbocycles. The molecular formula is C25H30BrN3O3. The number of halogens is 1. The molecule has 1 N–H and O–H groups in total. The summed E-state index contributed by atoms with van der Waals surface area (Å²) in [4.78, 5) is 17.3. The van der Waals surface area contributed by atoms with Crippen LogP contribution in [0.25, 0.3) is 11.4 Å². The molecule has 0 aliphatic rings. The molecule has 0 aliphatic heterocycles. The molecule has 0 fully saturated rings. The molecule has 7 heteroatoms. The number of benzene rings is 1. The fourth-order valence-electron chi connectivity index (χ4n) is 3.83. The van der Waals surface area contributed by atoms with E-state index >= 15 is 0 Å². The Kier molecular flexibility index (Phi) is 7.85. The molecule has 0 radical (unpaired) electrons. The van der Waals surface area contributed by atoms with Crippen molar-refractivity contribution in [3.63, 3.8) is 0 Å². The Morgan fingerprint density at radius 3 is 2.47 bits per heavy atom. The first-order valence-electron chi connectivity index (χ1n) is 10.8. The molecule has 2 aromatic heterocycles. The summed E-state index contributed by atoms with van der Waals surface area (Å²) in [6.07, 6.45) is 2.33. The molecular weight excluding hydrogens is 470 g/mol. The van der Waals surface area contributed by atoms with E-state index in [1.807, 2.05) is 74.8 Å². The highest BCUT2D eigenvalue weighted by molar-refractivity contribution is 9.10. The fourth-order valence-corrected chi connectivity index (χ4v) is 4.10. The molecule has 0 amide bonds. The molecule has 0 saturated heterocycles. The highest BCUT2D eigenvalue weighted by Gasteiger charge is 2.29. The number of pyridine rings is 1. The number of hydrogen-bond donors (Lipinski definition) is 1. The lowest BCUT2D eigenvalue weighted by atomic mass is 9.85. The Balaban J connectivity index is 2.20. The van der Waals surface area contributed by atoms with E-state index in [0.29, 0.717) is 13.0 Å². The number of aliphatic hydroxyl groups excluding tert-OH is 1. The Labute approximate surface area is 197 Å². The van der Waals surface area contributed by atoms with Crippen LogP contribution in [0.4, 0.5) is 0 Å². The quantitative estimate of drug-likeness (QED) is 0.434. The molecule has 3 rings (SSSR count). The van der Waals surface area contributed by atoms with Gasteiger partial charge in [-0.25, -0.2) is 0 Å². The van der Waals surface area contributed by atoms with Crippen LogP contribution >= 0.6 is 15.9 Å². The topological polar surface area (TPSA) is 77.2 Å². The third kappa shape index (κ3) is 5.84. The largest absolute Gasteiger partial charge is 0.460 e. The van der Waals surface area contributed by atoms with E-state index in [0.717, 1.165) is 32.7 Å². The van der Waals surface area contributed by atoms with Crippen molar-refractivity contribution in [3.05, 3.63) is 70.0 Å². The standard InChI is InChI=1S/C25H30BrN3O3/c1-5-29-21(16-22(31)32-25(2,3)4)23(24(28-29)20-8-6-7-14-27-20)19(13-15-30)17-9-11-18(26)12-10-17/h6-12,14,19,30H,5,13,15-16H2,1-4H3. The zero-order valence-electron chi connectivity index (χ0n) is 19.0. The number of rotatable bonds is 8. The first-order valence-corrected chi connectivity index (χ1v) is 11.6. The van der Waals surface area contributed by atoms with Crippen LogP contribution in [0.5, 0.6) is 0 Å². The second kappa shape index (κ2) is 10.4. The Bertz CT molecular complexity index is 1040. The third-order valence-electron chi connectivity index (χ3n) is 5.08. The second-order valence-electron chi connectivity index (χ2n) is 8.62. The highest BCUT2D eigenvalue weighted by Crippen LogP contribution is 2.38. The van der Waals surface area contributed by atoms with Gasteiger partial charge in [-0.1, -0.05) is 34.1 Å². The molecule has 1 atom stereocenters. The van der Waals surface area contributed by atoms with Crippen molar-refractivity contribution in [2.24, 2.45) is 0 Å². The summed E-state index contributed by atoms with van der Waals surface area (Å²) in [6, 6.07) is 13.7. The van der Waals surface area contributed by atoms with Crippen LogP contribution in [-0.2, 0) is 22.5 Å². The molecule has 0 spiro atoms. The van der Waals surface area contributed by atoms with E-state index in [1.54, 1.807) is 6.20 Å². The van der Waals surface area contributed by atoms with Gasteiger partial charge in [0.25, 0.3) is 0 Å². The zero-order valence-corrected chi connectivity index (χ0v) is 20.6. The molecule has 3 aromatic rings. The Hall–Kier alpha value is -2.51. The summed E-state index contributed by atoms with van der Waals surface area (Å²) in [5.74, 6) is -0.456. The number of hydrogen-bond acceptors (Lipinski definition) is 5. The van der Waals surface area contributed by atoms with Gasteiger partial charge in [0.05, 0.1) is 17.8 Å². The molecule has 2 heterocycles. The van der Waals surface area contributed by atoms with Gasteiger partial charge in [-0.2, -0.15) is 5.10 Å². The van der Waals surface area contributed by atoms with Crippen LogP contribution in [-0.4, -0.2) is 38.0 Å². The number of carbonyl (C=O) groups excluding carboxylic acids is 1. The van der Waals surface area contributed by atoms with Crippen LogP contribution in [0.2, 0.25) is 0 Å². The summed E-state index contributed by atoms with van der Waals surface area (Å²) in [6.45, 7) is 8.18. The summed E-state index contributed by atoms with van der Waals surface area (Å²) in [7, 11) is 0. The van der Waals surface area contributed by atoms with Gasteiger partial charge in [0.15, 0.2) is 0 Å². The molecule has 32 heavy (non-hydrogen) atoms. The fraction of sp³-hybridized carbons (Fsp3) is 0.400. The van der Waals surface area contributed by atoms with E-state index in [2.05, 4.69) is 20.9 Å². The van der Waals surface area contributed by atoms with Crippen LogP contribution in [0.3, 0.4) is 0 Å². The molecule has 6 nitrogen and oxygen atoms in total. The predicted molar refractivity (Wildman–Crippen MR) is 128 cm³/mol. The van der Waals surface area contributed by atoms with Crippen LogP contribution in [0.1, 0.15) is 56.9 Å². The summed E-state index contributed by atoms with van der Waals surface area (Å²) >= 11 is 3.49. The summed E-state index contributed by atoms with van der Waals surface area (Å²) in [5.41, 5.74) is 3.64. The number of carbonyl (C=O) groups is 1. The van der Waals surface area contributed by atoms with Gasteiger partial charge in [-0.05, 0) is 63.9 Å². The van der Waals surface area contributed by atoms with Crippen molar-refractivity contribution in [1.29, 1.82) is 0 Å². The number of ether oxygens (including phenoxy) is 1. The Morgan fingerprint density at radius 2 is 1.91 bits per heavy atom. The zero-order chi connectivity index (χ0) is 23.3. The molecule has 170 valence electrons. The van der Waals surface area contributed by atoms with Gasteiger partial charge >= 0.3 is 5.97 Å². The van der Waals surface area contributed by atoms with E-state index in [1.165, 1.54) is 0 Å². The maximum absolute atomic E-state index is 12.8. The minimum absolute atomic E-state index is 0.00553. The highest BCUT2D eigenvalue weighted by atomic mass is 79.9. The van der Waals surface area contributed by atoms with E-state index < -0.39 is 5.60 Å². The van der Waals surface area contributed by atoms with Gasteiger partial charge in [0, 0.05) is 35.3 Å². The number of aromatic nitrogens is 3. The monoisotopic (exact) mass is 499 g/mol. The maximum atomic E-state index is 12.8. The number of nitrogens with zero attached hydrogens (tertiary/aromatic N) is 3. The summed E-state index contributed by atoms with van der Waals surface area (Å²) < 4.78 is 8.45. The molecule has 0 saturated carbocycles. The SMILES string of the molecule is CCn1nc(-c2ccccn2)c(C(CCO)c2ccc(Br)cc2)c1CC(=O)OC(C)(C)C. The maximum Gasteiger partial charge on any atom is 0.312 e. The minimum atomic E-state index is -0.575. The molecule has 0 bridgehead atoms. The average Bonchev–Trinajstić information content (AvgIpc) is 3.10. The number of aliphatic hydroxyl groups is 1. The van der Waals surface area contributed by atoms with Crippen molar-refractivity contribution in [2.45, 2.75) is 58.6 Å². The lowest BCUT2D eigenvalue weighted by molar-refractivity contribution is -0.154. The lowest BCUT2D eigenvalue weighted by Crippen LogP contribution is -2.26. The number of aryl methyl sites for hydroxylation is 1. The van der Waals surface area contributed by atoms with E-state index in [-0.39, 0.29) is 24.9 Å². The van der Waals surface area contributed by atoms with Crippen molar-refractivity contribution >= 4 is 21.9 Å². The average molecular weight is 500 g/mol. The number of esters is 1. The van der Waals surface area contributed by atoms with Crippen molar-refractivity contribution in [3.8, 4) is 11.4 Å². The van der Waals surface area contributed by atoms with Crippen molar-refractivity contribution < 1.29 is 14.6 Å².